The van der Waals surface area contributed by atoms with Crippen LogP contribution in [0.3, 0.4) is 0 Å². The number of carbonyl (C=O) groups excluding carboxylic acids is 1. The zero-order valence-electron chi connectivity index (χ0n) is 20.8. The van der Waals surface area contributed by atoms with Crippen LogP contribution in [0.25, 0.3) is 15.9 Å². The summed E-state index contributed by atoms with van der Waals surface area (Å²) in [7, 11) is 0.680. The second-order valence-electron chi connectivity index (χ2n) is 7.56. The smallest absolute Gasteiger partial charge is 0.746 e. The van der Waals surface area contributed by atoms with Crippen LogP contribution < -0.4 is 53.2 Å². The Labute approximate surface area is 235 Å². The number of furan rings is 1. The number of thioether (sulfide) groups is 1. The molecule has 0 N–H and O–H groups in total. The van der Waals surface area contributed by atoms with Crippen molar-refractivity contribution in [2.24, 2.45) is 0 Å². The van der Waals surface area contributed by atoms with E-state index in [4.69, 9.17) is 23.2 Å². The summed E-state index contributed by atoms with van der Waals surface area (Å²) >= 11 is 1.54. The van der Waals surface area contributed by atoms with Crippen molar-refractivity contribution < 1.29 is 71.5 Å². The van der Waals surface area contributed by atoms with Gasteiger partial charge in [0, 0.05) is 28.7 Å². The quantitative estimate of drug-likeness (QED) is 0.226. The summed E-state index contributed by atoms with van der Waals surface area (Å²) < 4.78 is 44.0. The van der Waals surface area contributed by atoms with Crippen molar-refractivity contribution in [3.63, 3.8) is 0 Å². The van der Waals surface area contributed by atoms with Gasteiger partial charge in [0.25, 0.3) is 0 Å². The first-order valence-corrected chi connectivity index (χ1v) is 13.0. The molecule has 1 aromatic heterocycles. The number of hydrogen-bond acceptors (Lipinski definition) is 10. The number of ether oxygens (including phenoxy) is 3. The van der Waals surface area contributed by atoms with Crippen LogP contribution in [0.1, 0.15) is 33.7 Å². The van der Waals surface area contributed by atoms with Gasteiger partial charge in [0.15, 0.2) is 34.4 Å². The molecule has 2 aromatic carbocycles. The average Bonchev–Trinajstić information content (AvgIpc) is 3.51. The molecule has 0 saturated carbocycles. The number of benzene rings is 2. The normalized spacial score (nSPS) is 14.6. The van der Waals surface area contributed by atoms with Crippen molar-refractivity contribution in [1.82, 2.24) is 0 Å². The Morgan fingerprint density at radius 1 is 1.06 bits per heavy atom. The van der Waals surface area contributed by atoms with E-state index in [0.717, 1.165) is 29.8 Å². The number of phosphoric acid groups is 1. The van der Waals surface area contributed by atoms with Crippen molar-refractivity contribution >= 4 is 41.2 Å². The minimum Gasteiger partial charge on any atom is -0.746 e. The third-order valence-electron chi connectivity index (χ3n) is 5.51. The van der Waals surface area contributed by atoms with Crippen molar-refractivity contribution in [2.45, 2.75) is 13.3 Å². The molecule has 1 aliphatic rings. The molecule has 0 bridgehead atoms. The maximum absolute atomic E-state index is 13.9. The van der Waals surface area contributed by atoms with Crippen LogP contribution in [-0.4, -0.2) is 40.0 Å². The number of hydrogen-bond donors (Lipinski definition) is 0. The standard InChI is InChI=1S/C24H25O9PS.Na/c1-13-11-14(12-17(29-3)21(13)30-4)20(25)19-15-8-9-16(28-2)23(33-34(26,27)31-5)22(15)32-24(19)18-7-6-10-35-18;/h7-9,11-12H,6,10H2,1-5H3,(H,26,27);/q;+1/p-1. The van der Waals surface area contributed by atoms with E-state index in [-0.39, 0.29) is 58.0 Å². The molecule has 0 aliphatic carbocycles. The first-order valence-electron chi connectivity index (χ1n) is 10.5. The van der Waals surface area contributed by atoms with E-state index < -0.39 is 7.82 Å². The topological polar surface area (TPSA) is 116 Å². The molecule has 1 unspecified atom stereocenters. The number of methoxy groups -OCH3 is 3. The summed E-state index contributed by atoms with van der Waals surface area (Å²) in [5.74, 6) is 1.69. The van der Waals surface area contributed by atoms with Crippen LogP contribution in [-0.2, 0) is 9.09 Å². The molecule has 0 radical (unpaired) electrons. The van der Waals surface area contributed by atoms with Crippen molar-refractivity contribution in [2.75, 3.05) is 34.2 Å². The van der Waals surface area contributed by atoms with E-state index in [1.165, 1.54) is 27.4 Å². The summed E-state index contributed by atoms with van der Waals surface area (Å²) in [6.45, 7) is 1.81. The zero-order chi connectivity index (χ0) is 25.3. The van der Waals surface area contributed by atoms with E-state index in [0.29, 0.717) is 28.2 Å². The molecular formula is C24H24NaO9PS. The molecule has 2 heterocycles. The Morgan fingerprint density at radius 2 is 1.78 bits per heavy atom. The Hall–Kier alpha value is -1.91. The first kappa shape index (κ1) is 28.7. The number of carbonyl (C=O) groups is 1. The number of rotatable bonds is 9. The summed E-state index contributed by atoms with van der Waals surface area (Å²) in [5, 5.41) is 0.373. The van der Waals surface area contributed by atoms with Gasteiger partial charge < -0.3 is 32.6 Å². The van der Waals surface area contributed by atoms with Gasteiger partial charge in [-0.05, 0) is 43.2 Å². The largest absolute Gasteiger partial charge is 1.00 e. The van der Waals surface area contributed by atoms with Gasteiger partial charge in [-0.25, -0.2) is 0 Å². The molecule has 0 amide bonds. The molecule has 0 fully saturated rings. The van der Waals surface area contributed by atoms with Gasteiger partial charge in [-0.15, -0.1) is 11.8 Å². The average molecular weight is 542 g/mol. The van der Waals surface area contributed by atoms with Gasteiger partial charge in [0.1, 0.15) is 0 Å². The van der Waals surface area contributed by atoms with Gasteiger partial charge in [0.05, 0.1) is 26.9 Å². The van der Waals surface area contributed by atoms with Crippen LogP contribution in [0.15, 0.2) is 34.8 Å². The maximum atomic E-state index is 13.9. The van der Waals surface area contributed by atoms with Crippen LogP contribution in [0.2, 0.25) is 0 Å². The van der Waals surface area contributed by atoms with Gasteiger partial charge in [-0.1, -0.05) is 6.08 Å². The van der Waals surface area contributed by atoms with Gasteiger partial charge in [-0.2, -0.15) is 0 Å². The predicted octanol–water partition coefficient (Wildman–Crippen LogP) is 1.97. The second-order valence-corrected chi connectivity index (χ2v) is 10.1. The molecular weight excluding hydrogens is 518 g/mol. The summed E-state index contributed by atoms with van der Waals surface area (Å²) in [5.41, 5.74) is 1.41. The molecule has 186 valence electrons. The van der Waals surface area contributed by atoms with E-state index in [1.54, 1.807) is 30.0 Å². The van der Waals surface area contributed by atoms with Crippen LogP contribution in [0.4, 0.5) is 0 Å². The molecule has 36 heavy (non-hydrogen) atoms. The van der Waals surface area contributed by atoms with E-state index >= 15 is 0 Å². The minimum absolute atomic E-state index is 0. The van der Waals surface area contributed by atoms with Crippen LogP contribution >= 0.6 is 19.6 Å². The van der Waals surface area contributed by atoms with Crippen molar-refractivity contribution in [3.8, 4) is 23.0 Å². The first-order chi connectivity index (χ1) is 16.7. The third-order valence-corrected chi connectivity index (χ3v) is 7.46. The number of ketones is 1. The van der Waals surface area contributed by atoms with E-state index in [2.05, 4.69) is 4.52 Å². The fraction of sp³-hybridized carbons (Fsp3) is 0.292. The second kappa shape index (κ2) is 11.6. The molecule has 0 saturated heterocycles. The number of fused-ring (bicyclic) bond motifs is 1. The Morgan fingerprint density at radius 3 is 2.36 bits per heavy atom. The van der Waals surface area contributed by atoms with E-state index in [9.17, 15) is 14.3 Å². The Kier molecular flexibility index (Phi) is 9.27. The fourth-order valence-corrected chi connectivity index (χ4v) is 5.36. The molecule has 4 rings (SSSR count). The summed E-state index contributed by atoms with van der Waals surface area (Å²) in [6.07, 6.45) is 2.79. The summed E-state index contributed by atoms with van der Waals surface area (Å²) in [4.78, 5) is 26.8. The van der Waals surface area contributed by atoms with Crippen molar-refractivity contribution in [1.29, 1.82) is 0 Å². The Bertz CT molecular complexity index is 1380. The monoisotopic (exact) mass is 542 g/mol. The number of allylic oxidation sites excluding steroid dienone is 1. The third kappa shape index (κ3) is 5.36. The molecule has 12 heteroatoms. The van der Waals surface area contributed by atoms with Gasteiger partial charge in [0.2, 0.25) is 5.75 Å². The fourth-order valence-electron chi connectivity index (χ4n) is 3.92. The zero-order valence-corrected chi connectivity index (χ0v) is 24.5. The predicted molar refractivity (Wildman–Crippen MR) is 131 cm³/mol. The molecule has 0 spiro atoms. The molecule has 9 nitrogen and oxygen atoms in total. The maximum Gasteiger partial charge on any atom is 1.00 e. The van der Waals surface area contributed by atoms with Crippen LogP contribution in [0.5, 0.6) is 23.0 Å². The molecule has 1 aliphatic heterocycles. The van der Waals surface area contributed by atoms with Gasteiger partial charge in [-0.3, -0.25) is 9.36 Å². The minimum atomic E-state index is -4.70. The van der Waals surface area contributed by atoms with Crippen LogP contribution in [0, 0.1) is 6.92 Å². The SMILES string of the molecule is COc1cc(C(=O)c2c(C3=CCCS3)oc3c(OP(=O)([O-])OC)c(OC)ccc23)cc(C)c1OC.[Na+]. The van der Waals surface area contributed by atoms with Crippen molar-refractivity contribution in [3.05, 3.63) is 52.8 Å². The molecule has 3 aromatic rings. The number of aryl methyl sites for hydroxylation is 1. The summed E-state index contributed by atoms with van der Waals surface area (Å²) in [6, 6.07) is 6.46. The van der Waals surface area contributed by atoms with E-state index in [1.807, 2.05) is 13.0 Å². The number of phosphoric ester groups is 1. The van der Waals surface area contributed by atoms with Gasteiger partial charge >= 0.3 is 37.4 Å². The molecule has 1 atom stereocenters. The Balaban J connectivity index is 0.00000361.